The predicted octanol–water partition coefficient (Wildman–Crippen LogP) is 3.53. The lowest BCUT2D eigenvalue weighted by Gasteiger charge is -2.15. The van der Waals surface area contributed by atoms with E-state index in [2.05, 4.69) is 5.32 Å². The second-order valence-corrected chi connectivity index (χ2v) is 8.02. The highest BCUT2D eigenvalue weighted by Crippen LogP contribution is 2.29. The van der Waals surface area contributed by atoms with Crippen LogP contribution >= 0.6 is 0 Å². The Labute approximate surface area is 150 Å². The Hall–Kier alpha value is -2.35. The van der Waals surface area contributed by atoms with Crippen LogP contribution in [0, 0.1) is 0 Å². The minimum Gasteiger partial charge on any atom is -0.349 e. The molecular formula is C18H18F3NO3S. The monoisotopic (exact) mass is 385 g/mol. The van der Waals surface area contributed by atoms with E-state index in [-0.39, 0.29) is 23.3 Å². The van der Waals surface area contributed by atoms with Crippen LogP contribution < -0.4 is 5.32 Å². The summed E-state index contributed by atoms with van der Waals surface area (Å²) in [5.41, 5.74) is 0.425. The summed E-state index contributed by atoms with van der Waals surface area (Å²) in [4.78, 5) is 12.3. The highest BCUT2D eigenvalue weighted by molar-refractivity contribution is 7.90. The summed E-state index contributed by atoms with van der Waals surface area (Å²) in [5, 5.41) is 2.74. The molecule has 8 heteroatoms. The summed E-state index contributed by atoms with van der Waals surface area (Å²) >= 11 is 0. The zero-order valence-electron chi connectivity index (χ0n) is 14.2. The van der Waals surface area contributed by atoms with Crippen molar-refractivity contribution in [3.05, 3.63) is 65.2 Å². The van der Waals surface area contributed by atoms with E-state index in [1.165, 1.54) is 24.3 Å². The van der Waals surface area contributed by atoms with E-state index in [4.69, 9.17) is 0 Å². The molecule has 0 heterocycles. The molecule has 2 rings (SSSR count). The van der Waals surface area contributed by atoms with Gasteiger partial charge in [-0.3, -0.25) is 4.79 Å². The lowest BCUT2D eigenvalue weighted by Crippen LogP contribution is -2.28. The average Bonchev–Trinajstić information content (AvgIpc) is 2.53. The van der Waals surface area contributed by atoms with Gasteiger partial charge in [0.1, 0.15) is 0 Å². The van der Waals surface area contributed by atoms with Gasteiger partial charge in [0.2, 0.25) is 5.91 Å². The lowest BCUT2D eigenvalue weighted by molar-refractivity contribution is -0.137. The molecule has 1 N–H and O–H groups in total. The number of hydrogen-bond donors (Lipinski definition) is 1. The van der Waals surface area contributed by atoms with Gasteiger partial charge in [0.15, 0.2) is 9.84 Å². The number of alkyl halides is 3. The maximum atomic E-state index is 12.5. The molecule has 2 aromatic carbocycles. The van der Waals surface area contributed by atoms with Crippen LogP contribution in [0.2, 0.25) is 0 Å². The van der Waals surface area contributed by atoms with Crippen LogP contribution in [0.25, 0.3) is 0 Å². The first-order chi connectivity index (χ1) is 12.0. The van der Waals surface area contributed by atoms with Crippen molar-refractivity contribution < 1.29 is 26.4 Å². The topological polar surface area (TPSA) is 63.2 Å². The first-order valence-corrected chi connectivity index (χ1v) is 9.61. The number of amides is 1. The minimum absolute atomic E-state index is 0.0517. The molecule has 4 nitrogen and oxygen atoms in total. The van der Waals surface area contributed by atoms with Gasteiger partial charge >= 0.3 is 6.18 Å². The smallest absolute Gasteiger partial charge is 0.349 e. The Morgan fingerprint density at radius 1 is 1.04 bits per heavy atom. The summed E-state index contributed by atoms with van der Waals surface area (Å²) in [6.45, 7) is 1.74. The van der Waals surface area contributed by atoms with Gasteiger partial charge in [0, 0.05) is 6.26 Å². The Morgan fingerprint density at radius 3 is 2.04 bits per heavy atom. The van der Waals surface area contributed by atoms with Gasteiger partial charge in [-0.05, 0) is 42.3 Å². The van der Waals surface area contributed by atoms with Crippen LogP contribution in [0.1, 0.15) is 29.7 Å². The SMILES string of the molecule is CC(NC(=O)Cc1ccc(C(F)(F)F)cc1)c1ccc(S(C)(=O)=O)cc1. The second kappa shape index (κ2) is 7.49. The van der Waals surface area contributed by atoms with E-state index in [1.807, 2.05) is 0 Å². The van der Waals surface area contributed by atoms with Crippen molar-refractivity contribution in [2.24, 2.45) is 0 Å². The van der Waals surface area contributed by atoms with Crippen molar-refractivity contribution in [1.29, 1.82) is 0 Å². The number of hydrogen-bond acceptors (Lipinski definition) is 3. The van der Waals surface area contributed by atoms with Crippen LogP contribution in [-0.2, 0) is 27.2 Å². The number of nitrogens with one attached hydrogen (secondary N) is 1. The maximum absolute atomic E-state index is 12.5. The molecule has 0 aliphatic carbocycles. The molecule has 0 bridgehead atoms. The molecule has 1 atom stereocenters. The van der Waals surface area contributed by atoms with E-state index < -0.39 is 21.6 Å². The third kappa shape index (κ3) is 5.32. The van der Waals surface area contributed by atoms with Gasteiger partial charge in [-0.15, -0.1) is 0 Å². The molecule has 0 saturated heterocycles. The van der Waals surface area contributed by atoms with Gasteiger partial charge in [-0.1, -0.05) is 24.3 Å². The van der Waals surface area contributed by atoms with Gasteiger partial charge < -0.3 is 5.32 Å². The molecule has 0 radical (unpaired) electrons. The van der Waals surface area contributed by atoms with E-state index in [9.17, 15) is 26.4 Å². The molecule has 0 fully saturated rings. The molecule has 0 aliphatic heterocycles. The molecule has 0 aromatic heterocycles. The van der Waals surface area contributed by atoms with E-state index in [1.54, 1.807) is 19.1 Å². The Morgan fingerprint density at radius 2 is 1.58 bits per heavy atom. The quantitative estimate of drug-likeness (QED) is 0.857. The van der Waals surface area contributed by atoms with Crippen LogP contribution in [0.4, 0.5) is 13.2 Å². The molecule has 0 spiro atoms. The van der Waals surface area contributed by atoms with Crippen LogP contribution in [0.3, 0.4) is 0 Å². The summed E-state index contributed by atoms with van der Waals surface area (Å²) in [7, 11) is -3.29. The first kappa shape index (κ1) is 20.0. The summed E-state index contributed by atoms with van der Waals surface area (Å²) < 4.78 is 60.5. The average molecular weight is 385 g/mol. The van der Waals surface area contributed by atoms with Gasteiger partial charge in [0.05, 0.1) is 22.9 Å². The number of sulfone groups is 1. The van der Waals surface area contributed by atoms with Crippen LogP contribution in [0.5, 0.6) is 0 Å². The standard InChI is InChI=1S/C18H18F3NO3S/c1-12(14-5-9-16(10-6-14)26(2,24)25)22-17(23)11-13-3-7-15(8-4-13)18(19,20)21/h3-10,12H,11H2,1-2H3,(H,22,23). The molecule has 0 saturated carbocycles. The van der Waals surface area contributed by atoms with Crippen molar-refractivity contribution in [2.75, 3.05) is 6.26 Å². The number of benzene rings is 2. The van der Waals surface area contributed by atoms with E-state index >= 15 is 0 Å². The third-order valence-electron chi connectivity index (χ3n) is 3.83. The molecule has 140 valence electrons. The highest BCUT2D eigenvalue weighted by atomic mass is 32.2. The number of carbonyl (C=O) groups excluding carboxylic acids is 1. The fourth-order valence-electron chi connectivity index (χ4n) is 2.38. The third-order valence-corrected chi connectivity index (χ3v) is 4.96. The largest absolute Gasteiger partial charge is 0.416 e. The molecule has 1 unspecified atom stereocenters. The zero-order valence-corrected chi connectivity index (χ0v) is 15.0. The van der Waals surface area contributed by atoms with Crippen molar-refractivity contribution >= 4 is 15.7 Å². The van der Waals surface area contributed by atoms with Gasteiger partial charge in [-0.25, -0.2) is 8.42 Å². The second-order valence-electron chi connectivity index (χ2n) is 6.00. The molecular weight excluding hydrogens is 367 g/mol. The van der Waals surface area contributed by atoms with E-state index in [0.717, 1.165) is 24.0 Å². The van der Waals surface area contributed by atoms with E-state index in [0.29, 0.717) is 5.56 Å². The summed E-state index contributed by atoms with van der Waals surface area (Å²) in [5.74, 6) is -0.343. The predicted molar refractivity (Wildman–Crippen MR) is 91.3 cm³/mol. The van der Waals surface area contributed by atoms with Crippen molar-refractivity contribution in [1.82, 2.24) is 5.32 Å². The number of rotatable bonds is 5. The Kier molecular flexibility index (Phi) is 5.75. The maximum Gasteiger partial charge on any atom is 0.416 e. The van der Waals surface area contributed by atoms with Crippen molar-refractivity contribution in [3.8, 4) is 0 Å². The fraction of sp³-hybridized carbons (Fsp3) is 0.278. The number of halogens is 3. The summed E-state index contributed by atoms with van der Waals surface area (Å²) in [6, 6.07) is 10.2. The molecule has 1 amide bonds. The molecule has 2 aromatic rings. The van der Waals surface area contributed by atoms with Crippen LogP contribution in [-0.4, -0.2) is 20.6 Å². The molecule has 0 aliphatic rings. The Balaban J connectivity index is 1.99. The lowest BCUT2D eigenvalue weighted by atomic mass is 10.1. The number of carbonyl (C=O) groups is 1. The van der Waals surface area contributed by atoms with Gasteiger partial charge in [0.25, 0.3) is 0 Å². The summed E-state index contributed by atoms with van der Waals surface area (Å²) in [6.07, 6.45) is -3.35. The molecule has 26 heavy (non-hydrogen) atoms. The first-order valence-electron chi connectivity index (χ1n) is 7.72. The van der Waals surface area contributed by atoms with Crippen molar-refractivity contribution in [2.45, 2.75) is 30.5 Å². The fourth-order valence-corrected chi connectivity index (χ4v) is 3.01. The Bertz CT molecular complexity index is 873. The normalized spacial score (nSPS) is 13.3. The minimum atomic E-state index is -4.41. The highest BCUT2D eigenvalue weighted by Gasteiger charge is 2.30. The van der Waals surface area contributed by atoms with Crippen LogP contribution in [0.15, 0.2) is 53.4 Å². The van der Waals surface area contributed by atoms with Gasteiger partial charge in [-0.2, -0.15) is 13.2 Å². The zero-order chi connectivity index (χ0) is 19.5. The van der Waals surface area contributed by atoms with Crippen molar-refractivity contribution in [3.63, 3.8) is 0 Å².